The van der Waals surface area contributed by atoms with Crippen LogP contribution in [0.15, 0.2) is 0 Å². The highest BCUT2D eigenvalue weighted by atomic mass is 79.9. The van der Waals surface area contributed by atoms with E-state index in [1.165, 1.54) is 19.3 Å². The number of aromatic nitrogens is 3. The number of rotatable bonds is 2. The van der Waals surface area contributed by atoms with Crippen molar-refractivity contribution in [3.05, 3.63) is 15.9 Å². The molecule has 1 aromatic rings. The van der Waals surface area contributed by atoms with Gasteiger partial charge in [-0.1, -0.05) is 15.9 Å². The van der Waals surface area contributed by atoms with Gasteiger partial charge in [-0.05, 0) is 60.3 Å². The largest absolute Gasteiger partial charge is 0.491 e. The maximum Gasteiger partial charge on any atom is 0.491 e. The minimum atomic E-state index is -0.492. The molecule has 20 heavy (non-hydrogen) atoms. The van der Waals surface area contributed by atoms with E-state index in [1.807, 2.05) is 11.6 Å². The van der Waals surface area contributed by atoms with Gasteiger partial charge in [0.05, 0.1) is 5.54 Å². The Bertz CT molecular complexity index is 585. The molecular weight excluding hydrogens is 324 g/mol. The predicted molar refractivity (Wildman–Crippen MR) is 75.7 cm³/mol. The lowest BCUT2D eigenvalue weighted by atomic mass is 9.53. The second-order valence-electron chi connectivity index (χ2n) is 6.96. The third-order valence-corrected chi connectivity index (χ3v) is 6.26. The molecule has 4 bridgehead atoms. The lowest BCUT2D eigenvalue weighted by Crippen LogP contribution is -2.57. The summed E-state index contributed by atoms with van der Waals surface area (Å²) in [6.07, 6.45) is 7.00. The summed E-state index contributed by atoms with van der Waals surface area (Å²) in [5, 5.41) is 15.1. The molecule has 1 heterocycles. The summed E-state index contributed by atoms with van der Waals surface area (Å²) in [5.74, 6) is 1.85. The van der Waals surface area contributed by atoms with Gasteiger partial charge >= 0.3 is 5.95 Å². The summed E-state index contributed by atoms with van der Waals surface area (Å²) >= 11 is 3.95. The predicted octanol–water partition coefficient (Wildman–Crippen LogP) is 2.94. The van der Waals surface area contributed by atoms with Crippen LogP contribution < -0.4 is 0 Å². The first kappa shape index (κ1) is 12.7. The minimum absolute atomic E-state index is 0.0566. The smallest absolute Gasteiger partial charge is 0.390 e. The van der Waals surface area contributed by atoms with E-state index < -0.39 is 4.92 Å². The Kier molecular flexibility index (Phi) is 2.43. The van der Waals surface area contributed by atoms with Gasteiger partial charge in [-0.25, -0.2) is 0 Å². The number of halogens is 1. The maximum absolute atomic E-state index is 10.9. The minimum Gasteiger partial charge on any atom is -0.390 e. The summed E-state index contributed by atoms with van der Waals surface area (Å²) in [4.78, 5) is 14.4. The molecule has 0 radical (unpaired) electrons. The van der Waals surface area contributed by atoms with Gasteiger partial charge in [0.15, 0.2) is 0 Å². The highest BCUT2D eigenvalue weighted by molar-refractivity contribution is 9.10. The molecule has 7 heteroatoms. The molecule has 0 N–H and O–H groups in total. The van der Waals surface area contributed by atoms with Crippen molar-refractivity contribution in [2.75, 3.05) is 0 Å². The van der Waals surface area contributed by atoms with Crippen LogP contribution in [0.1, 0.15) is 44.3 Å². The molecule has 2 unspecified atom stereocenters. The second kappa shape index (κ2) is 3.81. The molecule has 4 fully saturated rings. The summed E-state index contributed by atoms with van der Waals surface area (Å²) in [5.41, 5.74) is -0.0566. The van der Waals surface area contributed by atoms with Gasteiger partial charge < -0.3 is 10.1 Å². The molecule has 0 spiro atoms. The zero-order chi connectivity index (χ0) is 14.1. The molecule has 5 rings (SSSR count). The summed E-state index contributed by atoms with van der Waals surface area (Å²) in [7, 11) is 0. The Hall–Kier alpha value is -0.980. The van der Waals surface area contributed by atoms with Crippen LogP contribution in [0.5, 0.6) is 0 Å². The van der Waals surface area contributed by atoms with Crippen molar-refractivity contribution in [2.24, 2.45) is 11.8 Å². The zero-order valence-electron chi connectivity index (χ0n) is 11.4. The number of nitrogens with zero attached hydrogens (tertiary/aromatic N) is 4. The summed E-state index contributed by atoms with van der Waals surface area (Å²) < 4.78 is 2.09. The number of hydrogen-bond donors (Lipinski definition) is 0. The van der Waals surface area contributed by atoms with Gasteiger partial charge in [0.25, 0.3) is 0 Å². The van der Waals surface area contributed by atoms with Crippen molar-refractivity contribution in [1.82, 2.24) is 14.8 Å². The van der Waals surface area contributed by atoms with Crippen LogP contribution in [0.3, 0.4) is 0 Å². The van der Waals surface area contributed by atoms with Crippen LogP contribution in [-0.2, 0) is 5.54 Å². The highest BCUT2D eigenvalue weighted by Gasteiger charge is 2.59. The fourth-order valence-electron chi connectivity index (χ4n) is 5.25. The van der Waals surface area contributed by atoms with Crippen molar-refractivity contribution in [3.8, 4) is 0 Å². The first-order valence-corrected chi connectivity index (χ1v) is 7.96. The third-order valence-electron chi connectivity index (χ3n) is 5.33. The fraction of sp³-hybridized carbons (Fsp3) is 0.846. The lowest BCUT2D eigenvalue weighted by molar-refractivity contribution is -0.394. The SMILES string of the molecule is Cc1nc([N+](=O)[O-])nn1C12C[C@@H]3C[C@@H](CC(Br)(C3)C1)C2. The average Bonchev–Trinajstić information content (AvgIpc) is 2.68. The second-order valence-corrected chi connectivity index (χ2v) is 8.65. The van der Waals surface area contributed by atoms with E-state index in [1.54, 1.807) is 0 Å². The molecule has 4 saturated carbocycles. The molecule has 1 aromatic heterocycles. The van der Waals surface area contributed by atoms with Crippen LogP contribution in [0, 0.1) is 28.9 Å². The zero-order valence-corrected chi connectivity index (χ0v) is 13.0. The number of aryl methyl sites for hydroxylation is 1. The lowest BCUT2D eigenvalue weighted by Gasteiger charge is -2.59. The topological polar surface area (TPSA) is 73.8 Å². The molecule has 108 valence electrons. The van der Waals surface area contributed by atoms with Crippen LogP contribution in [0.2, 0.25) is 0 Å². The van der Waals surface area contributed by atoms with E-state index in [-0.39, 0.29) is 15.8 Å². The third kappa shape index (κ3) is 1.68. The first-order valence-electron chi connectivity index (χ1n) is 7.17. The molecule has 0 amide bonds. The molecule has 6 nitrogen and oxygen atoms in total. The van der Waals surface area contributed by atoms with E-state index >= 15 is 0 Å². The van der Waals surface area contributed by atoms with Crippen molar-refractivity contribution in [2.45, 2.75) is 55.3 Å². The van der Waals surface area contributed by atoms with Crippen molar-refractivity contribution in [3.63, 3.8) is 0 Å². The van der Waals surface area contributed by atoms with Gasteiger partial charge in [-0.3, -0.25) is 0 Å². The van der Waals surface area contributed by atoms with Gasteiger partial charge in [-0.15, -0.1) is 0 Å². The quantitative estimate of drug-likeness (QED) is 0.471. The highest BCUT2D eigenvalue weighted by Crippen LogP contribution is 2.63. The van der Waals surface area contributed by atoms with Gasteiger partial charge in [-0.2, -0.15) is 4.68 Å². The monoisotopic (exact) mass is 340 g/mol. The van der Waals surface area contributed by atoms with Crippen molar-refractivity contribution >= 4 is 21.9 Å². The number of hydrogen-bond acceptors (Lipinski definition) is 4. The fourth-order valence-corrected chi connectivity index (χ4v) is 6.69. The summed E-state index contributed by atoms with van der Waals surface area (Å²) in [6, 6.07) is 0. The van der Waals surface area contributed by atoms with Gasteiger partial charge in [0.1, 0.15) is 0 Å². The summed E-state index contributed by atoms with van der Waals surface area (Å²) in [6.45, 7) is 1.83. The standard InChI is InChI=1S/C13H17BrN4O2/c1-8-15-11(18(19)20)16-17(8)13-5-9-2-10(6-13)4-12(14,3-9)7-13/h9-10H,2-7H2,1H3/t9-,10+,12?,13?. The number of alkyl halides is 1. The molecule has 0 aromatic carbocycles. The normalized spacial score (nSPS) is 42.1. The molecule has 4 aliphatic carbocycles. The first-order chi connectivity index (χ1) is 9.39. The van der Waals surface area contributed by atoms with Crippen molar-refractivity contribution < 1.29 is 4.92 Å². The van der Waals surface area contributed by atoms with Crippen LogP contribution in [-0.4, -0.2) is 24.0 Å². The van der Waals surface area contributed by atoms with E-state index in [2.05, 4.69) is 26.0 Å². The molecule has 4 aliphatic rings. The molecule has 4 atom stereocenters. The Morgan fingerprint density at radius 1 is 1.35 bits per heavy atom. The molecule has 0 saturated heterocycles. The Balaban J connectivity index is 1.79. The maximum atomic E-state index is 10.9. The van der Waals surface area contributed by atoms with E-state index in [9.17, 15) is 10.1 Å². The Morgan fingerprint density at radius 2 is 2.00 bits per heavy atom. The van der Waals surface area contributed by atoms with Crippen LogP contribution in [0.4, 0.5) is 5.95 Å². The van der Waals surface area contributed by atoms with E-state index in [0.717, 1.165) is 31.1 Å². The van der Waals surface area contributed by atoms with Crippen molar-refractivity contribution in [1.29, 1.82) is 0 Å². The molecular formula is C13H17BrN4O2. The van der Waals surface area contributed by atoms with Gasteiger partial charge in [0.2, 0.25) is 5.82 Å². The van der Waals surface area contributed by atoms with Crippen LogP contribution >= 0.6 is 15.9 Å². The van der Waals surface area contributed by atoms with Crippen LogP contribution in [0.25, 0.3) is 0 Å². The van der Waals surface area contributed by atoms with E-state index in [4.69, 9.17) is 0 Å². The van der Waals surface area contributed by atoms with Gasteiger partial charge in [0, 0.05) is 16.3 Å². The number of nitro groups is 1. The Labute approximate surface area is 125 Å². The molecule has 0 aliphatic heterocycles. The average molecular weight is 341 g/mol. The van der Waals surface area contributed by atoms with E-state index in [0.29, 0.717) is 5.82 Å². The Morgan fingerprint density at radius 3 is 2.50 bits per heavy atom.